The summed E-state index contributed by atoms with van der Waals surface area (Å²) in [7, 11) is 3.91. The number of hydrogen-bond donors (Lipinski definition) is 0. The maximum Gasteiger partial charge on any atom is 0.416 e. The molecule has 7 heteroatoms. The number of hydrogen-bond acceptors (Lipinski definition) is 3. The van der Waals surface area contributed by atoms with E-state index in [0.29, 0.717) is 18.8 Å². The minimum absolute atomic E-state index is 0.104. The molecule has 1 amide bonds. The second kappa shape index (κ2) is 10.2. The molecular formula is C28H35F3N2O2. The Morgan fingerprint density at radius 2 is 1.74 bits per heavy atom. The van der Waals surface area contributed by atoms with Gasteiger partial charge in [-0.25, -0.2) is 0 Å². The van der Waals surface area contributed by atoms with Crippen LogP contribution in [0.2, 0.25) is 0 Å². The number of alkyl halides is 3. The average molecular weight is 489 g/mol. The summed E-state index contributed by atoms with van der Waals surface area (Å²) in [4.78, 5) is 17.9. The summed E-state index contributed by atoms with van der Waals surface area (Å²) in [5.74, 6) is 0.728. The summed E-state index contributed by atoms with van der Waals surface area (Å²) >= 11 is 0. The number of carbonyl (C=O) groups is 1. The minimum atomic E-state index is -4.37. The van der Waals surface area contributed by atoms with Gasteiger partial charge in [-0.05, 0) is 76.5 Å². The Kier molecular flexibility index (Phi) is 7.46. The third-order valence-electron chi connectivity index (χ3n) is 7.51. The molecule has 0 N–H and O–H groups in total. The zero-order chi connectivity index (χ0) is 25.2. The molecule has 2 fully saturated rings. The lowest BCUT2D eigenvalue weighted by Gasteiger charge is -2.46. The van der Waals surface area contributed by atoms with E-state index >= 15 is 0 Å². The number of likely N-dealkylation sites (tertiary alicyclic amines) is 1. The van der Waals surface area contributed by atoms with Gasteiger partial charge in [0.05, 0.1) is 11.0 Å². The van der Waals surface area contributed by atoms with Crippen molar-refractivity contribution in [1.82, 2.24) is 9.80 Å². The molecule has 0 radical (unpaired) electrons. The average Bonchev–Trinajstić information content (AvgIpc) is 2.78. The number of carbonyl (C=O) groups excluding carboxylic acids is 1. The van der Waals surface area contributed by atoms with Crippen molar-refractivity contribution in [2.24, 2.45) is 5.92 Å². The smallest absolute Gasteiger partial charge is 0.416 e. The van der Waals surface area contributed by atoms with Crippen LogP contribution in [0.15, 0.2) is 48.5 Å². The molecule has 2 aliphatic rings. The number of likely N-dealkylation sites (N-methyl/N-ethyl adjacent to an activating group) is 1. The Morgan fingerprint density at radius 3 is 2.29 bits per heavy atom. The van der Waals surface area contributed by atoms with Crippen LogP contribution in [0.4, 0.5) is 13.2 Å². The van der Waals surface area contributed by atoms with Crippen LogP contribution in [0.3, 0.4) is 0 Å². The van der Waals surface area contributed by atoms with Crippen molar-refractivity contribution < 1.29 is 22.7 Å². The Balaban J connectivity index is 1.49. The molecule has 35 heavy (non-hydrogen) atoms. The van der Waals surface area contributed by atoms with Crippen LogP contribution < -0.4 is 4.74 Å². The molecule has 0 aromatic heterocycles. The monoisotopic (exact) mass is 488 g/mol. The first-order valence-corrected chi connectivity index (χ1v) is 12.4. The first-order valence-electron chi connectivity index (χ1n) is 12.4. The molecule has 4 nitrogen and oxygen atoms in total. The number of benzene rings is 2. The summed E-state index contributed by atoms with van der Waals surface area (Å²) in [6, 6.07) is 13.2. The molecule has 1 aliphatic heterocycles. The number of piperidine rings is 1. The van der Waals surface area contributed by atoms with Crippen LogP contribution in [-0.2, 0) is 16.4 Å². The van der Waals surface area contributed by atoms with Gasteiger partial charge < -0.3 is 14.5 Å². The lowest BCUT2D eigenvalue weighted by Crippen LogP contribution is -2.55. The van der Waals surface area contributed by atoms with Crippen molar-refractivity contribution in [3.8, 4) is 5.75 Å². The predicted molar refractivity (Wildman–Crippen MR) is 130 cm³/mol. The Labute approximate surface area is 206 Å². The highest BCUT2D eigenvalue weighted by Crippen LogP contribution is 2.46. The van der Waals surface area contributed by atoms with Crippen molar-refractivity contribution in [3.05, 3.63) is 65.2 Å². The number of rotatable bonds is 7. The van der Waals surface area contributed by atoms with E-state index in [2.05, 4.69) is 31.2 Å². The van der Waals surface area contributed by atoms with Gasteiger partial charge in [0.2, 0.25) is 5.91 Å². The molecule has 0 spiro atoms. The lowest BCUT2D eigenvalue weighted by atomic mass is 9.63. The number of halogens is 3. The molecule has 1 saturated heterocycles. The van der Waals surface area contributed by atoms with Crippen molar-refractivity contribution in [2.75, 3.05) is 33.7 Å². The summed E-state index contributed by atoms with van der Waals surface area (Å²) in [5.41, 5.74) is 1.17. The van der Waals surface area contributed by atoms with E-state index in [0.717, 1.165) is 56.3 Å². The van der Waals surface area contributed by atoms with Gasteiger partial charge in [0.15, 0.2) is 0 Å². The van der Waals surface area contributed by atoms with E-state index in [1.807, 2.05) is 23.9 Å². The van der Waals surface area contributed by atoms with Crippen LogP contribution in [0.25, 0.3) is 0 Å². The van der Waals surface area contributed by atoms with Crippen molar-refractivity contribution >= 4 is 5.91 Å². The highest BCUT2D eigenvalue weighted by Gasteiger charge is 2.48. The van der Waals surface area contributed by atoms with Crippen molar-refractivity contribution in [2.45, 2.75) is 56.7 Å². The van der Waals surface area contributed by atoms with E-state index in [1.54, 1.807) is 0 Å². The third-order valence-corrected chi connectivity index (χ3v) is 7.51. The molecule has 2 aromatic rings. The van der Waals surface area contributed by atoms with Gasteiger partial charge >= 0.3 is 6.18 Å². The first kappa shape index (κ1) is 25.5. The number of aryl methyl sites for hydroxylation is 1. The quantitative estimate of drug-likeness (QED) is 0.503. The molecule has 0 bridgehead atoms. The molecule has 2 aromatic carbocycles. The van der Waals surface area contributed by atoms with E-state index in [9.17, 15) is 18.0 Å². The maximum absolute atomic E-state index is 13.8. The zero-order valence-corrected chi connectivity index (χ0v) is 20.8. The fourth-order valence-electron chi connectivity index (χ4n) is 5.37. The molecule has 2 unspecified atom stereocenters. The minimum Gasteiger partial charge on any atom is -0.489 e. The van der Waals surface area contributed by atoms with Gasteiger partial charge in [-0.3, -0.25) is 4.79 Å². The SMILES string of the molecule is Cc1ccc(C2(C(=O)N3CCCC(C(CN(C)C)Oc4ccc(C(F)(F)F)cc4)C3)CCC2)cc1. The second-order valence-electron chi connectivity index (χ2n) is 10.4. The number of nitrogens with zero attached hydrogens (tertiary/aromatic N) is 2. The van der Waals surface area contributed by atoms with Gasteiger partial charge in [-0.1, -0.05) is 36.2 Å². The van der Waals surface area contributed by atoms with Crippen LogP contribution in [0.5, 0.6) is 5.75 Å². The number of amides is 1. The largest absolute Gasteiger partial charge is 0.489 e. The normalized spacial score (nSPS) is 20.9. The molecule has 1 aliphatic carbocycles. The summed E-state index contributed by atoms with van der Waals surface area (Å²) in [5, 5.41) is 0. The van der Waals surface area contributed by atoms with Gasteiger partial charge in [-0.2, -0.15) is 13.2 Å². The van der Waals surface area contributed by atoms with Crippen LogP contribution in [0.1, 0.15) is 48.8 Å². The van der Waals surface area contributed by atoms with Crippen LogP contribution >= 0.6 is 0 Å². The fourth-order valence-corrected chi connectivity index (χ4v) is 5.37. The summed E-state index contributed by atoms with van der Waals surface area (Å²) in [6.45, 7) is 4.01. The molecule has 190 valence electrons. The summed E-state index contributed by atoms with van der Waals surface area (Å²) < 4.78 is 45.1. The van der Waals surface area contributed by atoms with E-state index in [4.69, 9.17) is 4.74 Å². The second-order valence-corrected chi connectivity index (χ2v) is 10.4. The zero-order valence-electron chi connectivity index (χ0n) is 20.8. The van der Waals surface area contributed by atoms with Gasteiger partial charge in [0.1, 0.15) is 11.9 Å². The van der Waals surface area contributed by atoms with Crippen molar-refractivity contribution in [1.29, 1.82) is 0 Å². The van der Waals surface area contributed by atoms with E-state index in [-0.39, 0.29) is 17.9 Å². The van der Waals surface area contributed by atoms with Crippen molar-refractivity contribution in [3.63, 3.8) is 0 Å². The Morgan fingerprint density at radius 1 is 1.09 bits per heavy atom. The fraction of sp³-hybridized carbons (Fsp3) is 0.536. The highest BCUT2D eigenvalue weighted by atomic mass is 19.4. The molecule has 4 rings (SSSR count). The topological polar surface area (TPSA) is 32.8 Å². The molecule has 1 saturated carbocycles. The lowest BCUT2D eigenvalue weighted by molar-refractivity contribution is -0.143. The predicted octanol–water partition coefficient (Wildman–Crippen LogP) is 5.68. The molecule has 2 atom stereocenters. The van der Waals surface area contributed by atoms with Crippen LogP contribution in [0, 0.1) is 12.8 Å². The maximum atomic E-state index is 13.8. The Hall–Kier alpha value is -2.54. The summed E-state index contributed by atoms with van der Waals surface area (Å²) in [6.07, 6.45) is 0.00593. The molecular weight excluding hydrogens is 453 g/mol. The highest BCUT2D eigenvalue weighted by molar-refractivity contribution is 5.89. The third kappa shape index (κ3) is 5.66. The van der Waals surface area contributed by atoms with Gasteiger partial charge in [-0.15, -0.1) is 0 Å². The van der Waals surface area contributed by atoms with Gasteiger partial charge in [0, 0.05) is 25.6 Å². The van der Waals surface area contributed by atoms with Crippen LogP contribution in [-0.4, -0.2) is 55.5 Å². The van der Waals surface area contributed by atoms with E-state index in [1.165, 1.54) is 17.7 Å². The van der Waals surface area contributed by atoms with Gasteiger partial charge in [0.25, 0.3) is 0 Å². The first-order chi connectivity index (χ1) is 16.6. The standard InChI is InChI=1S/C28H35F3N2O2/c1-20-7-9-22(10-8-20)27(15-5-16-27)26(34)33-17-4-6-21(18-33)25(19-32(2)3)35-24-13-11-23(12-14-24)28(29,30)31/h7-14,21,25H,4-6,15-19H2,1-3H3. The number of ether oxygens (including phenoxy) is 1. The Bertz CT molecular complexity index is 998. The van der Waals surface area contributed by atoms with E-state index < -0.39 is 17.2 Å². The molecule has 1 heterocycles.